The highest BCUT2D eigenvalue weighted by Gasteiger charge is 2.32. The highest BCUT2D eigenvalue weighted by Crippen LogP contribution is 2.43. The Balaban J connectivity index is 1.77. The molecule has 0 amide bonds. The van der Waals surface area contributed by atoms with E-state index in [2.05, 4.69) is 21.4 Å². The number of rotatable bonds is 4. The van der Waals surface area contributed by atoms with Crippen LogP contribution in [0.2, 0.25) is 5.15 Å². The van der Waals surface area contributed by atoms with Gasteiger partial charge in [0.05, 0.1) is 6.04 Å². The maximum atomic E-state index is 12.3. The Labute approximate surface area is 154 Å². The molecule has 26 heavy (non-hydrogen) atoms. The molecule has 138 valence electrons. The lowest BCUT2D eigenvalue weighted by Gasteiger charge is -2.25. The van der Waals surface area contributed by atoms with Crippen molar-refractivity contribution in [3.63, 3.8) is 0 Å². The van der Waals surface area contributed by atoms with Gasteiger partial charge in [-0.05, 0) is 31.5 Å². The van der Waals surface area contributed by atoms with Gasteiger partial charge in [-0.1, -0.05) is 18.2 Å². The minimum Gasteiger partial charge on any atom is -0.468 e. The summed E-state index contributed by atoms with van der Waals surface area (Å²) in [6.07, 6.45) is -1.24. The molecular formula is C18H17ClF3N3O. The van der Waals surface area contributed by atoms with Gasteiger partial charge in [-0.15, -0.1) is 0 Å². The lowest BCUT2D eigenvalue weighted by atomic mass is 10.1. The molecule has 0 bridgehead atoms. The maximum absolute atomic E-state index is 12.3. The van der Waals surface area contributed by atoms with Crippen LogP contribution in [0.5, 0.6) is 5.88 Å². The van der Waals surface area contributed by atoms with E-state index in [1.807, 2.05) is 13.0 Å². The Morgan fingerprint density at radius 1 is 1.35 bits per heavy atom. The number of aromatic nitrogens is 2. The molecule has 2 aromatic rings. The lowest BCUT2D eigenvalue weighted by molar-refractivity contribution is -0.154. The second-order valence-corrected chi connectivity index (χ2v) is 6.54. The first-order valence-corrected chi connectivity index (χ1v) is 8.30. The van der Waals surface area contributed by atoms with Crippen molar-refractivity contribution in [3.05, 3.63) is 58.5 Å². The van der Waals surface area contributed by atoms with Crippen molar-refractivity contribution in [1.29, 1.82) is 0 Å². The number of alkyl halides is 3. The van der Waals surface area contributed by atoms with Gasteiger partial charge in [0, 0.05) is 41.3 Å². The van der Waals surface area contributed by atoms with Crippen LogP contribution in [0.25, 0.3) is 5.70 Å². The Morgan fingerprint density at radius 2 is 2.08 bits per heavy atom. The van der Waals surface area contributed by atoms with Gasteiger partial charge in [-0.3, -0.25) is 0 Å². The monoisotopic (exact) mass is 383 g/mol. The molecule has 0 radical (unpaired) electrons. The number of fused-ring (bicyclic) bond motifs is 1. The van der Waals surface area contributed by atoms with E-state index in [1.165, 1.54) is 6.20 Å². The van der Waals surface area contributed by atoms with E-state index in [0.717, 1.165) is 22.4 Å². The fourth-order valence-corrected chi connectivity index (χ4v) is 3.39. The summed E-state index contributed by atoms with van der Waals surface area (Å²) in [5.41, 5.74) is 4.08. The summed E-state index contributed by atoms with van der Waals surface area (Å²) in [6, 6.07) is 3.62. The summed E-state index contributed by atoms with van der Waals surface area (Å²) in [6.45, 7) is 6.94. The molecule has 1 atom stereocenters. The average molecular weight is 384 g/mol. The zero-order valence-corrected chi connectivity index (χ0v) is 15.0. The zero-order valence-electron chi connectivity index (χ0n) is 14.3. The molecule has 1 aliphatic rings. The molecule has 2 aromatic heterocycles. The summed E-state index contributed by atoms with van der Waals surface area (Å²) in [7, 11) is 0. The summed E-state index contributed by atoms with van der Waals surface area (Å²) >= 11 is 6.22. The first-order valence-electron chi connectivity index (χ1n) is 7.93. The second kappa shape index (κ2) is 6.79. The average Bonchev–Trinajstić information content (AvgIpc) is 2.79. The van der Waals surface area contributed by atoms with Gasteiger partial charge in [0.15, 0.2) is 6.61 Å². The van der Waals surface area contributed by atoms with Crippen LogP contribution in [0.4, 0.5) is 13.2 Å². The van der Waals surface area contributed by atoms with Crippen molar-refractivity contribution < 1.29 is 17.9 Å². The smallest absolute Gasteiger partial charge is 0.422 e. The Hall–Kier alpha value is -2.28. The minimum absolute atomic E-state index is 0.0137. The quantitative estimate of drug-likeness (QED) is 0.702. The van der Waals surface area contributed by atoms with Crippen LogP contribution in [0, 0.1) is 6.92 Å². The standard InChI is InChI=1S/C18H17ClF3N3O/c1-10-6-13(7-24-17(10)26-9-18(20,21)22)8-25-11(2)14-4-5-23-16(19)15(14)12(25)3/h4-7,12H,2,8-9H2,1,3H3. The third-order valence-electron chi connectivity index (χ3n) is 4.30. The molecular weight excluding hydrogens is 367 g/mol. The SMILES string of the molecule is C=C1c2ccnc(Cl)c2C(C)N1Cc1cnc(OCC(F)(F)F)c(C)c1. The zero-order chi connectivity index (χ0) is 19.1. The third kappa shape index (κ3) is 3.62. The molecule has 4 nitrogen and oxygen atoms in total. The molecule has 1 unspecified atom stereocenters. The summed E-state index contributed by atoms with van der Waals surface area (Å²) < 4.78 is 41.6. The molecule has 0 saturated carbocycles. The fourth-order valence-electron chi connectivity index (χ4n) is 3.08. The largest absolute Gasteiger partial charge is 0.468 e. The van der Waals surface area contributed by atoms with E-state index < -0.39 is 12.8 Å². The van der Waals surface area contributed by atoms with Crippen molar-refractivity contribution >= 4 is 17.3 Å². The minimum atomic E-state index is -4.39. The molecule has 8 heteroatoms. The molecule has 0 aromatic carbocycles. The van der Waals surface area contributed by atoms with Crippen molar-refractivity contribution in [2.45, 2.75) is 32.6 Å². The van der Waals surface area contributed by atoms with E-state index in [0.29, 0.717) is 17.3 Å². The summed E-state index contributed by atoms with van der Waals surface area (Å²) in [5, 5.41) is 0.448. The fraction of sp³-hybridized carbons (Fsp3) is 0.333. The third-order valence-corrected chi connectivity index (χ3v) is 4.60. The number of hydrogen-bond acceptors (Lipinski definition) is 4. The van der Waals surface area contributed by atoms with Crippen molar-refractivity contribution in [2.75, 3.05) is 6.61 Å². The van der Waals surface area contributed by atoms with Crippen molar-refractivity contribution in [2.24, 2.45) is 0 Å². The molecule has 3 heterocycles. The summed E-state index contributed by atoms with van der Waals surface area (Å²) in [5.74, 6) is -0.0186. The van der Waals surface area contributed by atoms with Crippen LogP contribution >= 0.6 is 11.6 Å². The van der Waals surface area contributed by atoms with Gasteiger partial charge in [0.25, 0.3) is 0 Å². The maximum Gasteiger partial charge on any atom is 0.422 e. The highest BCUT2D eigenvalue weighted by molar-refractivity contribution is 6.30. The Morgan fingerprint density at radius 3 is 2.69 bits per heavy atom. The van der Waals surface area contributed by atoms with Crippen LogP contribution in [0.15, 0.2) is 31.1 Å². The van der Waals surface area contributed by atoms with Gasteiger partial charge >= 0.3 is 6.18 Å². The molecule has 0 fully saturated rings. The first-order chi connectivity index (χ1) is 12.2. The van der Waals surface area contributed by atoms with Crippen LogP contribution in [-0.4, -0.2) is 27.7 Å². The molecule has 0 saturated heterocycles. The number of aryl methyl sites for hydroxylation is 1. The van der Waals surface area contributed by atoms with E-state index >= 15 is 0 Å². The molecule has 1 aliphatic heterocycles. The molecule has 3 rings (SSSR count). The van der Waals surface area contributed by atoms with Crippen LogP contribution in [0.1, 0.15) is 35.2 Å². The van der Waals surface area contributed by atoms with Gasteiger partial charge in [0.1, 0.15) is 5.15 Å². The predicted molar refractivity (Wildman–Crippen MR) is 92.8 cm³/mol. The molecule has 0 aliphatic carbocycles. The molecule has 0 N–H and O–H groups in total. The topological polar surface area (TPSA) is 38.2 Å². The second-order valence-electron chi connectivity index (χ2n) is 6.18. The Bertz CT molecular complexity index is 854. The van der Waals surface area contributed by atoms with Crippen molar-refractivity contribution in [3.8, 4) is 5.88 Å². The van der Waals surface area contributed by atoms with E-state index in [-0.39, 0.29) is 11.9 Å². The van der Waals surface area contributed by atoms with Crippen LogP contribution < -0.4 is 4.74 Å². The highest BCUT2D eigenvalue weighted by atomic mass is 35.5. The van der Waals surface area contributed by atoms with Crippen LogP contribution in [0.3, 0.4) is 0 Å². The number of halogens is 4. The number of ether oxygens (including phenoxy) is 1. The van der Waals surface area contributed by atoms with Gasteiger partial charge in [-0.2, -0.15) is 13.2 Å². The normalized spacial score (nSPS) is 16.8. The number of hydrogen-bond donors (Lipinski definition) is 0. The first kappa shape index (κ1) is 18.5. The number of pyridine rings is 2. The van der Waals surface area contributed by atoms with E-state index in [4.69, 9.17) is 16.3 Å². The molecule has 0 spiro atoms. The van der Waals surface area contributed by atoms with Crippen molar-refractivity contribution in [1.82, 2.24) is 14.9 Å². The van der Waals surface area contributed by atoms with Gasteiger partial charge in [-0.25, -0.2) is 9.97 Å². The number of nitrogens with zero attached hydrogens (tertiary/aromatic N) is 3. The van der Waals surface area contributed by atoms with Gasteiger partial charge < -0.3 is 9.64 Å². The Kier molecular flexibility index (Phi) is 4.84. The summed E-state index contributed by atoms with van der Waals surface area (Å²) in [4.78, 5) is 10.2. The van der Waals surface area contributed by atoms with E-state index in [1.54, 1.807) is 19.2 Å². The lowest BCUT2D eigenvalue weighted by Crippen LogP contribution is -2.21. The predicted octanol–water partition coefficient (Wildman–Crippen LogP) is 4.93. The van der Waals surface area contributed by atoms with Gasteiger partial charge in [0.2, 0.25) is 5.88 Å². The van der Waals surface area contributed by atoms with E-state index in [9.17, 15) is 13.2 Å². The van der Waals surface area contributed by atoms with Crippen LogP contribution in [-0.2, 0) is 6.54 Å².